The van der Waals surface area contributed by atoms with Crippen LogP contribution >= 0.6 is 11.3 Å². The van der Waals surface area contributed by atoms with E-state index < -0.39 is 5.92 Å². The molecule has 136 valence electrons. The van der Waals surface area contributed by atoms with Gasteiger partial charge in [-0.2, -0.15) is 5.26 Å². The molecule has 0 aliphatic carbocycles. The van der Waals surface area contributed by atoms with Crippen LogP contribution in [0.5, 0.6) is 0 Å². The van der Waals surface area contributed by atoms with Crippen LogP contribution in [0.2, 0.25) is 0 Å². The Kier molecular flexibility index (Phi) is 6.45. The fraction of sp³-hybridized carbons (Fsp3) is 0.421. The summed E-state index contributed by atoms with van der Waals surface area (Å²) in [5, 5.41) is 12.1. The molecular formula is C19H21FN4OS. The lowest BCUT2D eigenvalue weighted by Crippen LogP contribution is -2.40. The van der Waals surface area contributed by atoms with Crippen LogP contribution in [0.1, 0.15) is 28.2 Å². The summed E-state index contributed by atoms with van der Waals surface area (Å²) < 4.78 is 18.7. The molecule has 1 aliphatic heterocycles. The molecule has 1 fully saturated rings. The molecule has 0 saturated carbocycles. The van der Waals surface area contributed by atoms with Crippen molar-refractivity contribution in [3.8, 4) is 6.07 Å². The van der Waals surface area contributed by atoms with Crippen molar-refractivity contribution in [2.45, 2.75) is 18.9 Å². The van der Waals surface area contributed by atoms with E-state index in [1.165, 1.54) is 23.5 Å². The fourth-order valence-electron chi connectivity index (χ4n) is 2.94. The van der Waals surface area contributed by atoms with Gasteiger partial charge in [-0.05, 0) is 24.6 Å². The van der Waals surface area contributed by atoms with Crippen molar-refractivity contribution in [2.24, 2.45) is 4.99 Å². The minimum atomic E-state index is -0.438. The molecule has 1 aromatic heterocycles. The molecule has 0 amide bonds. The zero-order chi connectivity index (χ0) is 18.4. The minimum absolute atomic E-state index is 0.0353. The first-order chi connectivity index (χ1) is 12.7. The van der Waals surface area contributed by atoms with Crippen molar-refractivity contribution in [3.63, 3.8) is 0 Å². The highest BCUT2D eigenvalue weighted by Gasteiger charge is 2.22. The number of nitriles is 1. The van der Waals surface area contributed by atoms with E-state index in [2.05, 4.69) is 20.9 Å². The highest BCUT2D eigenvalue weighted by molar-refractivity contribution is 7.09. The lowest BCUT2D eigenvalue weighted by Gasteiger charge is -2.34. The van der Waals surface area contributed by atoms with Gasteiger partial charge in [-0.25, -0.2) is 9.37 Å². The molecule has 2 heterocycles. The van der Waals surface area contributed by atoms with Crippen LogP contribution in [-0.2, 0) is 4.74 Å². The molecule has 7 heteroatoms. The number of rotatable bonds is 6. The molecule has 0 radical (unpaired) electrons. The number of morpholine rings is 1. The second-order valence-electron chi connectivity index (χ2n) is 6.16. The van der Waals surface area contributed by atoms with Crippen LogP contribution in [0.25, 0.3) is 0 Å². The Morgan fingerprint density at radius 3 is 2.73 bits per heavy atom. The van der Waals surface area contributed by atoms with E-state index in [4.69, 9.17) is 4.74 Å². The van der Waals surface area contributed by atoms with E-state index in [9.17, 15) is 9.65 Å². The Morgan fingerprint density at radius 1 is 1.38 bits per heavy atom. The predicted molar refractivity (Wildman–Crippen MR) is 100 cm³/mol. The first kappa shape index (κ1) is 18.6. The molecule has 2 aromatic rings. The molecule has 5 nitrogen and oxygen atoms in total. The van der Waals surface area contributed by atoms with Crippen molar-refractivity contribution in [1.29, 1.82) is 5.26 Å². The second kappa shape index (κ2) is 8.99. The number of thiazole rings is 1. The monoisotopic (exact) mass is 372 g/mol. The number of hydrogen-bond acceptors (Lipinski definition) is 6. The topological polar surface area (TPSA) is 61.5 Å². The predicted octanol–water partition coefficient (Wildman–Crippen LogP) is 3.34. The number of benzene rings is 1. The van der Waals surface area contributed by atoms with Crippen LogP contribution in [0.15, 0.2) is 34.6 Å². The average Bonchev–Trinajstić information content (AvgIpc) is 3.10. The van der Waals surface area contributed by atoms with Crippen molar-refractivity contribution < 1.29 is 9.13 Å². The molecule has 1 aliphatic rings. The number of aromatic nitrogens is 1. The summed E-state index contributed by atoms with van der Waals surface area (Å²) in [5.41, 5.74) is 1.93. The van der Waals surface area contributed by atoms with Crippen molar-refractivity contribution in [1.82, 2.24) is 9.88 Å². The molecular weight excluding hydrogens is 351 g/mol. The molecule has 1 aromatic carbocycles. The molecule has 0 bridgehead atoms. The lowest BCUT2D eigenvalue weighted by atomic mass is 10.0. The summed E-state index contributed by atoms with van der Waals surface area (Å²) in [7, 11) is 0. The van der Waals surface area contributed by atoms with Gasteiger partial charge in [-0.3, -0.25) is 9.89 Å². The third kappa shape index (κ3) is 4.73. The van der Waals surface area contributed by atoms with Gasteiger partial charge < -0.3 is 4.74 Å². The zero-order valence-corrected chi connectivity index (χ0v) is 15.5. The Balaban J connectivity index is 1.74. The Hall–Kier alpha value is -2.14. The maximum Gasteiger partial charge on any atom is 0.133 e. The lowest BCUT2D eigenvalue weighted by molar-refractivity contribution is 0.0180. The SMILES string of the molecule is Cc1csc([C@@H](C#N)C=NC[C@H](c2ccc(F)cc2)N2CCOCC2)n1. The van der Waals surface area contributed by atoms with E-state index >= 15 is 0 Å². The maximum atomic E-state index is 13.3. The van der Waals surface area contributed by atoms with Crippen LogP contribution in [-0.4, -0.2) is 48.9 Å². The van der Waals surface area contributed by atoms with Crippen LogP contribution in [0, 0.1) is 24.1 Å². The van der Waals surface area contributed by atoms with Gasteiger partial charge in [0.25, 0.3) is 0 Å². The molecule has 3 rings (SSSR count). The standard InChI is InChI=1S/C19H21FN4OS/c1-14-13-26-19(23-14)16(10-21)11-22-12-18(24-6-8-25-9-7-24)15-2-4-17(20)5-3-15/h2-5,11,13,16,18H,6-9,12H2,1H3/t16-,18+/m0/s1. The normalized spacial score (nSPS) is 17.9. The molecule has 0 unspecified atom stereocenters. The van der Waals surface area contributed by atoms with Gasteiger partial charge in [0.15, 0.2) is 0 Å². The molecule has 1 saturated heterocycles. The first-order valence-electron chi connectivity index (χ1n) is 8.56. The molecule has 0 spiro atoms. The number of halogens is 1. The highest BCUT2D eigenvalue weighted by atomic mass is 32.1. The summed E-state index contributed by atoms with van der Waals surface area (Å²) in [6.07, 6.45) is 1.68. The van der Waals surface area contributed by atoms with Gasteiger partial charge in [0.2, 0.25) is 0 Å². The van der Waals surface area contributed by atoms with E-state index in [0.29, 0.717) is 19.8 Å². The van der Waals surface area contributed by atoms with Crippen molar-refractivity contribution in [2.75, 3.05) is 32.8 Å². The van der Waals surface area contributed by atoms with Crippen LogP contribution in [0.4, 0.5) is 4.39 Å². The molecule has 26 heavy (non-hydrogen) atoms. The Labute approximate surface area is 156 Å². The fourth-order valence-corrected chi connectivity index (χ4v) is 3.74. The van der Waals surface area contributed by atoms with E-state index in [1.54, 1.807) is 18.3 Å². The van der Waals surface area contributed by atoms with Crippen LogP contribution in [0.3, 0.4) is 0 Å². The molecule has 0 N–H and O–H groups in total. The highest BCUT2D eigenvalue weighted by Crippen LogP contribution is 2.23. The van der Waals surface area contributed by atoms with Gasteiger partial charge >= 0.3 is 0 Å². The third-order valence-corrected chi connectivity index (χ3v) is 5.36. The zero-order valence-electron chi connectivity index (χ0n) is 14.6. The second-order valence-corrected chi connectivity index (χ2v) is 7.05. The number of nitrogens with zero attached hydrogens (tertiary/aromatic N) is 4. The summed E-state index contributed by atoms with van der Waals surface area (Å²) >= 11 is 1.47. The number of aryl methyl sites for hydroxylation is 1. The van der Waals surface area contributed by atoms with Gasteiger partial charge in [-0.15, -0.1) is 11.3 Å². The maximum absolute atomic E-state index is 13.3. The van der Waals surface area contributed by atoms with E-state index in [0.717, 1.165) is 29.4 Å². The van der Waals surface area contributed by atoms with Gasteiger partial charge in [0.1, 0.15) is 16.7 Å². The summed E-state index contributed by atoms with van der Waals surface area (Å²) in [5.74, 6) is -0.686. The number of aliphatic imine (C=N–C) groups is 1. The van der Waals surface area contributed by atoms with E-state index in [1.807, 2.05) is 12.3 Å². The molecule has 2 atom stereocenters. The van der Waals surface area contributed by atoms with Crippen molar-refractivity contribution in [3.05, 3.63) is 51.7 Å². The summed E-state index contributed by atoms with van der Waals surface area (Å²) in [6, 6.07) is 8.84. The van der Waals surface area contributed by atoms with Gasteiger partial charge in [0, 0.05) is 30.4 Å². The quantitative estimate of drug-likeness (QED) is 0.730. The summed E-state index contributed by atoms with van der Waals surface area (Å²) in [6.45, 7) is 5.40. The average molecular weight is 372 g/mol. The van der Waals surface area contributed by atoms with Gasteiger partial charge in [-0.1, -0.05) is 12.1 Å². The Morgan fingerprint density at radius 2 is 2.12 bits per heavy atom. The van der Waals surface area contributed by atoms with Gasteiger partial charge in [0.05, 0.1) is 31.9 Å². The van der Waals surface area contributed by atoms with E-state index in [-0.39, 0.29) is 11.9 Å². The number of ether oxygens (including phenoxy) is 1. The third-order valence-electron chi connectivity index (χ3n) is 4.32. The minimum Gasteiger partial charge on any atom is -0.379 e. The summed E-state index contributed by atoms with van der Waals surface area (Å²) in [4.78, 5) is 11.2. The largest absolute Gasteiger partial charge is 0.379 e. The van der Waals surface area contributed by atoms with Crippen molar-refractivity contribution >= 4 is 17.6 Å². The van der Waals surface area contributed by atoms with Crippen LogP contribution < -0.4 is 0 Å². The number of hydrogen-bond donors (Lipinski definition) is 0. The Bertz CT molecular complexity index is 778. The first-order valence-corrected chi connectivity index (χ1v) is 9.44. The smallest absolute Gasteiger partial charge is 0.133 e.